The van der Waals surface area contributed by atoms with Crippen LogP contribution in [0.1, 0.15) is 65.2 Å². The van der Waals surface area contributed by atoms with Crippen LogP contribution < -0.4 is 5.32 Å². The van der Waals surface area contributed by atoms with Gasteiger partial charge in [-0.25, -0.2) is 0 Å². The largest absolute Gasteiger partial charge is 0.353 e. The molecule has 0 aromatic heterocycles. The van der Waals surface area contributed by atoms with Crippen LogP contribution in [-0.4, -0.2) is 17.3 Å². The number of carbonyl (C=O) groups excluding carboxylic acids is 1. The maximum absolute atomic E-state index is 12.0. The maximum Gasteiger partial charge on any atom is 0.220 e. The smallest absolute Gasteiger partial charge is 0.220 e. The minimum atomic E-state index is 0.256. The zero-order chi connectivity index (χ0) is 13.4. The minimum Gasteiger partial charge on any atom is -0.353 e. The molecule has 0 aliphatic heterocycles. The molecule has 3 heteroatoms. The topological polar surface area (TPSA) is 29.1 Å². The highest BCUT2D eigenvalue weighted by Gasteiger charge is 2.18. The van der Waals surface area contributed by atoms with Gasteiger partial charge in [-0.05, 0) is 31.1 Å². The van der Waals surface area contributed by atoms with E-state index in [9.17, 15) is 4.79 Å². The molecule has 1 rings (SSSR count). The number of rotatable bonds is 6. The van der Waals surface area contributed by atoms with Gasteiger partial charge in [0.05, 0.1) is 0 Å². The van der Waals surface area contributed by atoms with Crippen molar-refractivity contribution in [2.24, 2.45) is 11.8 Å². The Morgan fingerprint density at radius 1 is 1.22 bits per heavy atom. The zero-order valence-electron chi connectivity index (χ0n) is 11.9. The van der Waals surface area contributed by atoms with Crippen LogP contribution >= 0.6 is 15.9 Å². The van der Waals surface area contributed by atoms with Crippen molar-refractivity contribution in [2.45, 2.75) is 71.3 Å². The third-order valence-electron chi connectivity index (χ3n) is 3.76. The molecule has 106 valence electrons. The Morgan fingerprint density at radius 3 is 2.33 bits per heavy atom. The molecule has 1 saturated carbocycles. The van der Waals surface area contributed by atoms with Crippen LogP contribution in [0.5, 0.6) is 0 Å². The summed E-state index contributed by atoms with van der Waals surface area (Å²) in [7, 11) is 0. The second-order valence-electron chi connectivity index (χ2n) is 6.11. The number of amides is 1. The Kier molecular flexibility index (Phi) is 7.96. The molecule has 0 bridgehead atoms. The fourth-order valence-corrected chi connectivity index (χ4v) is 3.27. The first-order valence-corrected chi connectivity index (χ1v) is 8.59. The number of hydrogen-bond acceptors (Lipinski definition) is 1. The Hall–Kier alpha value is -0.0500. The average Bonchev–Trinajstić information content (AvgIpc) is 2.56. The number of nitrogens with one attached hydrogen (secondary N) is 1. The molecule has 0 aromatic rings. The van der Waals surface area contributed by atoms with Gasteiger partial charge >= 0.3 is 0 Å². The fraction of sp³-hybridized carbons (Fsp3) is 0.933. The molecule has 1 amide bonds. The van der Waals surface area contributed by atoms with Gasteiger partial charge in [0.25, 0.3) is 0 Å². The van der Waals surface area contributed by atoms with Crippen LogP contribution in [0.25, 0.3) is 0 Å². The van der Waals surface area contributed by atoms with Crippen LogP contribution in [0.3, 0.4) is 0 Å². The highest BCUT2D eigenvalue weighted by atomic mass is 79.9. The Morgan fingerprint density at radius 2 is 1.83 bits per heavy atom. The Labute approximate surface area is 120 Å². The SMILES string of the molecule is CC(C)CC(CBr)NC(=O)CC1CCCCCC1. The Bertz CT molecular complexity index is 229. The lowest BCUT2D eigenvalue weighted by Crippen LogP contribution is -2.37. The van der Waals surface area contributed by atoms with E-state index in [-0.39, 0.29) is 5.91 Å². The van der Waals surface area contributed by atoms with Crippen LogP contribution in [-0.2, 0) is 4.79 Å². The van der Waals surface area contributed by atoms with Crippen molar-refractivity contribution in [3.8, 4) is 0 Å². The van der Waals surface area contributed by atoms with E-state index in [1.165, 1.54) is 38.5 Å². The number of alkyl halides is 1. The lowest BCUT2D eigenvalue weighted by molar-refractivity contribution is -0.122. The minimum absolute atomic E-state index is 0.256. The van der Waals surface area contributed by atoms with Crippen molar-refractivity contribution in [3.05, 3.63) is 0 Å². The van der Waals surface area contributed by atoms with Crippen molar-refractivity contribution in [2.75, 3.05) is 5.33 Å². The second kappa shape index (κ2) is 8.95. The van der Waals surface area contributed by atoms with Gasteiger partial charge in [0.15, 0.2) is 0 Å². The highest BCUT2D eigenvalue weighted by molar-refractivity contribution is 9.09. The van der Waals surface area contributed by atoms with Crippen LogP contribution in [0.15, 0.2) is 0 Å². The molecule has 2 nitrogen and oxygen atoms in total. The molecule has 1 N–H and O–H groups in total. The fourth-order valence-electron chi connectivity index (χ4n) is 2.85. The molecule has 1 aliphatic rings. The molecule has 18 heavy (non-hydrogen) atoms. The van der Waals surface area contributed by atoms with Gasteiger partial charge in [-0.15, -0.1) is 0 Å². The summed E-state index contributed by atoms with van der Waals surface area (Å²) in [6.45, 7) is 4.40. The van der Waals surface area contributed by atoms with Crippen molar-refractivity contribution in [1.29, 1.82) is 0 Å². The summed E-state index contributed by atoms with van der Waals surface area (Å²) in [6.07, 6.45) is 9.62. The zero-order valence-corrected chi connectivity index (χ0v) is 13.5. The summed E-state index contributed by atoms with van der Waals surface area (Å²) in [5.41, 5.74) is 0. The number of carbonyl (C=O) groups is 1. The normalized spacial score (nSPS) is 19.6. The highest BCUT2D eigenvalue weighted by Crippen LogP contribution is 2.25. The van der Waals surface area contributed by atoms with Crippen molar-refractivity contribution in [3.63, 3.8) is 0 Å². The van der Waals surface area contributed by atoms with E-state index in [1.54, 1.807) is 0 Å². The summed E-state index contributed by atoms with van der Waals surface area (Å²) in [5.74, 6) is 1.51. The van der Waals surface area contributed by atoms with E-state index in [4.69, 9.17) is 0 Å². The summed E-state index contributed by atoms with van der Waals surface area (Å²) in [4.78, 5) is 12.0. The molecule has 0 saturated heterocycles. The monoisotopic (exact) mass is 317 g/mol. The van der Waals surface area contributed by atoms with Gasteiger partial charge in [-0.2, -0.15) is 0 Å². The van der Waals surface area contributed by atoms with E-state index in [0.717, 1.165) is 18.2 Å². The quantitative estimate of drug-likeness (QED) is 0.575. The molecule has 1 fully saturated rings. The van der Waals surface area contributed by atoms with Crippen molar-refractivity contribution in [1.82, 2.24) is 5.32 Å². The van der Waals surface area contributed by atoms with E-state index >= 15 is 0 Å². The van der Waals surface area contributed by atoms with E-state index in [0.29, 0.717) is 17.9 Å². The van der Waals surface area contributed by atoms with Gasteiger partial charge in [0.1, 0.15) is 0 Å². The molecule has 1 atom stereocenters. The van der Waals surface area contributed by atoms with E-state index in [1.807, 2.05) is 0 Å². The van der Waals surface area contributed by atoms with Gasteiger partial charge in [-0.1, -0.05) is 55.5 Å². The van der Waals surface area contributed by atoms with Crippen molar-refractivity contribution >= 4 is 21.8 Å². The number of halogens is 1. The lowest BCUT2D eigenvalue weighted by Gasteiger charge is -2.20. The van der Waals surface area contributed by atoms with Crippen LogP contribution in [0.2, 0.25) is 0 Å². The van der Waals surface area contributed by atoms with E-state index in [2.05, 4.69) is 35.1 Å². The Balaban J connectivity index is 2.29. The first-order chi connectivity index (χ1) is 8.61. The van der Waals surface area contributed by atoms with Crippen molar-refractivity contribution < 1.29 is 4.79 Å². The van der Waals surface area contributed by atoms with Crippen LogP contribution in [0.4, 0.5) is 0 Å². The maximum atomic E-state index is 12.0. The van der Waals surface area contributed by atoms with Gasteiger partial charge in [0, 0.05) is 17.8 Å². The molecule has 0 spiro atoms. The molecule has 1 unspecified atom stereocenters. The average molecular weight is 318 g/mol. The number of hydrogen-bond donors (Lipinski definition) is 1. The summed E-state index contributed by atoms with van der Waals surface area (Å²) in [5, 5.41) is 4.04. The third-order valence-corrected chi connectivity index (χ3v) is 4.54. The lowest BCUT2D eigenvalue weighted by atomic mass is 9.96. The molecular formula is C15H28BrNO. The van der Waals surface area contributed by atoms with Gasteiger partial charge < -0.3 is 5.32 Å². The molecule has 0 aromatic carbocycles. The molecular weight excluding hydrogens is 290 g/mol. The van der Waals surface area contributed by atoms with E-state index < -0.39 is 0 Å². The molecule has 0 radical (unpaired) electrons. The van der Waals surface area contributed by atoms with Gasteiger partial charge in [0.2, 0.25) is 5.91 Å². The first-order valence-electron chi connectivity index (χ1n) is 7.47. The third kappa shape index (κ3) is 6.77. The summed E-state index contributed by atoms with van der Waals surface area (Å²) >= 11 is 3.50. The van der Waals surface area contributed by atoms with Gasteiger partial charge in [-0.3, -0.25) is 4.79 Å². The predicted octanol–water partition coefficient (Wildman–Crippen LogP) is 4.27. The summed E-state index contributed by atoms with van der Waals surface area (Å²) in [6, 6.07) is 0.295. The molecule has 1 aliphatic carbocycles. The standard InChI is InChI=1S/C15H28BrNO/c1-12(2)9-14(11-16)17-15(18)10-13-7-5-3-4-6-8-13/h12-14H,3-11H2,1-2H3,(H,17,18). The van der Waals surface area contributed by atoms with Crippen LogP contribution in [0, 0.1) is 11.8 Å². The molecule has 0 heterocycles. The summed E-state index contributed by atoms with van der Waals surface area (Å²) < 4.78 is 0. The predicted molar refractivity (Wildman–Crippen MR) is 81.0 cm³/mol. The second-order valence-corrected chi connectivity index (χ2v) is 6.76. The first kappa shape index (κ1) is 16.0.